The number of nitrogens with one attached hydrogen (secondary N) is 4. The van der Waals surface area contributed by atoms with E-state index in [0.717, 1.165) is 13.0 Å². The fourth-order valence-electron chi connectivity index (χ4n) is 2.20. The summed E-state index contributed by atoms with van der Waals surface area (Å²) in [6.45, 7) is 3.09. The predicted octanol–water partition coefficient (Wildman–Crippen LogP) is 2.35. The second-order valence-corrected chi connectivity index (χ2v) is 5.84. The molecule has 4 N–H and O–H groups in total. The molecule has 0 bridgehead atoms. The number of unbranched alkanes of at least 4 members (excludes halogenated alkanes) is 2. The highest BCUT2D eigenvalue weighted by Gasteiger charge is 2.13. The van der Waals surface area contributed by atoms with E-state index in [0.29, 0.717) is 16.3 Å². The van der Waals surface area contributed by atoms with Crippen LogP contribution in [-0.2, 0) is 0 Å². The van der Waals surface area contributed by atoms with Crippen LogP contribution in [0.3, 0.4) is 0 Å². The van der Waals surface area contributed by atoms with Crippen molar-refractivity contribution in [3.8, 4) is 0 Å². The number of hydrogen-bond acceptors (Lipinski definition) is 2. The van der Waals surface area contributed by atoms with Crippen LogP contribution in [0, 0.1) is 0 Å². The normalized spacial score (nSPS) is 15.6. The number of hydrogen-bond donors (Lipinski definition) is 4. The van der Waals surface area contributed by atoms with Crippen molar-refractivity contribution in [1.29, 1.82) is 0 Å². The highest BCUT2D eigenvalue weighted by atomic mass is 32.1. The van der Waals surface area contributed by atoms with Gasteiger partial charge in [0, 0.05) is 12.6 Å². The van der Waals surface area contributed by atoms with Gasteiger partial charge in [0.25, 0.3) is 0 Å². The number of hydrazine groups is 1. The molecule has 0 radical (unpaired) electrons. The standard InChI is InChI=1S/C13H26N4S2/c1-2-3-7-10-14-12(18)16-17-13(19)15-11-8-5-4-6-9-11/h11H,2-10H2,1H3,(H2,14,16,18)(H2,15,17,19). The van der Waals surface area contributed by atoms with Gasteiger partial charge >= 0.3 is 0 Å². The summed E-state index contributed by atoms with van der Waals surface area (Å²) < 4.78 is 0. The molecule has 1 aliphatic rings. The minimum atomic E-state index is 0.515. The average molecular weight is 303 g/mol. The van der Waals surface area contributed by atoms with Gasteiger partial charge in [0.1, 0.15) is 0 Å². The molecule has 1 rings (SSSR count). The van der Waals surface area contributed by atoms with Crippen molar-refractivity contribution in [2.75, 3.05) is 6.54 Å². The molecule has 0 saturated heterocycles. The molecule has 0 amide bonds. The van der Waals surface area contributed by atoms with Crippen LogP contribution < -0.4 is 21.5 Å². The van der Waals surface area contributed by atoms with Crippen LogP contribution in [0.25, 0.3) is 0 Å². The van der Waals surface area contributed by atoms with Gasteiger partial charge in [-0.15, -0.1) is 0 Å². The van der Waals surface area contributed by atoms with E-state index in [1.807, 2.05) is 0 Å². The lowest BCUT2D eigenvalue weighted by Gasteiger charge is -2.24. The van der Waals surface area contributed by atoms with Gasteiger partial charge in [-0.05, 0) is 43.7 Å². The van der Waals surface area contributed by atoms with Crippen molar-refractivity contribution < 1.29 is 0 Å². The Morgan fingerprint density at radius 3 is 2.37 bits per heavy atom. The topological polar surface area (TPSA) is 48.1 Å². The third kappa shape index (κ3) is 8.21. The molecule has 6 heteroatoms. The molecule has 0 aromatic carbocycles. The fourth-order valence-corrected chi connectivity index (χ4v) is 2.57. The van der Waals surface area contributed by atoms with Gasteiger partial charge in [0.05, 0.1) is 0 Å². The van der Waals surface area contributed by atoms with Crippen LogP contribution >= 0.6 is 24.4 Å². The molecule has 1 fully saturated rings. The van der Waals surface area contributed by atoms with Crippen LogP contribution in [0.4, 0.5) is 0 Å². The maximum absolute atomic E-state index is 5.24. The minimum Gasteiger partial charge on any atom is -0.361 e. The Kier molecular flexibility index (Phi) is 8.82. The molecule has 110 valence electrons. The minimum absolute atomic E-state index is 0.515. The Morgan fingerprint density at radius 1 is 1.00 bits per heavy atom. The second-order valence-electron chi connectivity index (χ2n) is 5.02. The Bertz CT molecular complexity index is 278. The second kappa shape index (κ2) is 10.2. The van der Waals surface area contributed by atoms with Crippen LogP contribution in [0.2, 0.25) is 0 Å². The van der Waals surface area contributed by atoms with Crippen LogP contribution in [0.15, 0.2) is 0 Å². The summed E-state index contributed by atoms with van der Waals surface area (Å²) in [5.74, 6) is 0. The molecule has 0 aliphatic heterocycles. The van der Waals surface area contributed by atoms with Crippen LogP contribution in [0.1, 0.15) is 58.3 Å². The third-order valence-corrected chi connectivity index (χ3v) is 3.76. The summed E-state index contributed by atoms with van der Waals surface area (Å²) in [7, 11) is 0. The summed E-state index contributed by atoms with van der Waals surface area (Å²) in [4.78, 5) is 0. The Labute approximate surface area is 127 Å². The summed E-state index contributed by atoms with van der Waals surface area (Å²) in [5, 5.41) is 7.70. The molecule has 1 saturated carbocycles. The molecule has 0 aromatic heterocycles. The zero-order valence-corrected chi connectivity index (χ0v) is 13.4. The smallest absolute Gasteiger partial charge is 0.185 e. The van der Waals surface area contributed by atoms with Gasteiger partial charge in [-0.3, -0.25) is 10.9 Å². The first-order valence-electron chi connectivity index (χ1n) is 7.32. The highest BCUT2D eigenvalue weighted by molar-refractivity contribution is 7.80. The summed E-state index contributed by atoms with van der Waals surface area (Å²) >= 11 is 10.4. The lowest BCUT2D eigenvalue weighted by atomic mass is 9.96. The average Bonchev–Trinajstić information content (AvgIpc) is 2.42. The first-order valence-corrected chi connectivity index (χ1v) is 8.14. The summed E-state index contributed by atoms with van der Waals surface area (Å²) in [6, 6.07) is 0.515. The molecule has 0 aromatic rings. The van der Waals surface area contributed by atoms with E-state index < -0.39 is 0 Å². The zero-order valence-electron chi connectivity index (χ0n) is 11.8. The lowest BCUT2D eigenvalue weighted by molar-refractivity contribution is 0.411. The Hall–Kier alpha value is -0.620. The predicted molar refractivity (Wildman–Crippen MR) is 89.0 cm³/mol. The molecule has 4 nitrogen and oxygen atoms in total. The van der Waals surface area contributed by atoms with Gasteiger partial charge in [-0.2, -0.15) is 0 Å². The van der Waals surface area contributed by atoms with E-state index in [9.17, 15) is 0 Å². The SMILES string of the molecule is CCCCCNC(=S)NNC(=S)NC1CCCCC1. The molecular weight excluding hydrogens is 276 g/mol. The van der Waals surface area contributed by atoms with Gasteiger partial charge in [0.2, 0.25) is 0 Å². The summed E-state index contributed by atoms with van der Waals surface area (Å²) in [6.07, 6.45) is 9.95. The molecule has 19 heavy (non-hydrogen) atoms. The molecule has 0 unspecified atom stereocenters. The van der Waals surface area contributed by atoms with Crippen molar-refractivity contribution in [2.45, 2.75) is 64.3 Å². The molecule has 0 heterocycles. The molecule has 0 atom stereocenters. The van der Waals surface area contributed by atoms with Gasteiger partial charge in [0.15, 0.2) is 10.2 Å². The Balaban J connectivity index is 2.03. The van der Waals surface area contributed by atoms with Crippen LogP contribution in [-0.4, -0.2) is 22.8 Å². The largest absolute Gasteiger partial charge is 0.361 e. The quantitative estimate of drug-likeness (QED) is 0.355. The first kappa shape index (κ1) is 16.4. The Morgan fingerprint density at radius 2 is 1.68 bits per heavy atom. The van der Waals surface area contributed by atoms with Gasteiger partial charge in [-0.25, -0.2) is 0 Å². The van der Waals surface area contributed by atoms with Crippen molar-refractivity contribution >= 4 is 34.7 Å². The molecular formula is C13H26N4S2. The van der Waals surface area contributed by atoms with Crippen molar-refractivity contribution in [1.82, 2.24) is 21.5 Å². The van der Waals surface area contributed by atoms with E-state index in [1.54, 1.807) is 0 Å². The van der Waals surface area contributed by atoms with Gasteiger partial charge < -0.3 is 10.6 Å². The maximum Gasteiger partial charge on any atom is 0.185 e. The van der Waals surface area contributed by atoms with E-state index in [4.69, 9.17) is 24.4 Å². The first-order chi connectivity index (χ1) is 9.22. The lowest BCUT2D eigenvalue weighted by Crippen LogP contribution is -2.52. The van der Waals surface area contributed by atoms with Crippen molar-refractivity contribution in [3.05, 3.63) is 0 Å². The van der Waals surface area contributed by atoms with Crippen molar-refractivity contribution in [2.24, 2.45) is 0 Å². The van der Waals surface area contributed by atoms with Crippen LogP contribution in [0.5, 0.6) is 0 Å². The summed E-state index contributed by atoms with van der Waals surface area (Å²) in [5.41, 5.74) is 5.85. The van der Waals surface area contributed by atoms with Gasteiger partial charge in [-0.1, -0.05) is 39.0 Å². The van der Waals surface area contributed by atoms with E-state index in [2.05, 4.69) is 28.4 Å². The van der Waals surface area contributed by atoms with E-state index >= 15 is 0 Å². The number of rotatable bonds is 5. The highest BCUT2D eigenvalue weighted by Crippen LogP contribution is 2.16. The number of thiocarbonyl (C=S) groups is 2. The fraction of sp³-hybridized carbons (Fsp3) is 0.846. The van der Waals surface area contributed by atoms with E-state index in [1.165, 1.54) is 44.9 Å². The zero-order chi connectivity index (χ0) is 13.9. The maximum atomic E-state index is 5.24. The monoisotopic (exact) mass is 302 g/mol. The molecule has 1 aliphatic carbocycles. The van der Waals surface area contributed by atoms with Crippen molar-refractivity contribution in [3.63, 3.8) is 0 Å². The molecule has 0 spiro atoms. The third-order valence-electron chi connectivity index (χ3n) is 3.30. The van der Waals surface area contributed by atoms with E-state index in [-0.39, 0.29) is 0 Å².